The highest BCUT2D eigenvalue weighted by atomic mass is 35.5. The lowest BCUT2D eigenvalue weighted by molar-refractivity contribution is -0.160. The van der Waals surface area contributed by atoms with Gasteiger partial charge in [-0.2, -0.15) is 0 Å². The molecule has 35 heavy (non-hydrogen) atoms. The Morgan fingerprint density at radius 1 is 0.971 bits per heavy atom. The Morgan fingerprint density at radius 2 is 1.63 bits per heavy atom. The number of pyridine rings is 1. The summed E-state index contributed by atoms with van der Waals surface area (Å²) in [4.78, 5) is 17.4. The number of carbonyl (C=O) groups is 1. The molecule has 4 aromatic rings. The van der Waals surface area contributed by atoms with Crippen LogP contribution in [0, 0.1) is 6.92 Å². The van der Waals surface area contributed by atoms with Crippen LogP contribution in [0.3, 0.4) is 0 Å². The molecule has 1 aromatic heterocycles. The maximum absolute atomic E-state index is 12.5. The fourth-order valence-electron chi connectivity index (χ4n) is 4.34. The minimum absolute atomic E-state index is 0.527. The number of nitrogens with zero attached hydrogens (tertiary/aromatic N) is 1. The number of hydrogen-bond donors (Lipinski definition) is 1. The second-order valence-electron chi connectivity index (χ2n) is 9.34. The monoisotopic (exact) mass is 489 g/mol. The van der Waals surface area contributed by atoms with Gasteiger partial charge in [0.05, 0.1) is 18.2 Å². The Kier molecular flexibility index (Phi) is 6.84. The number of hydrogen-bond acceptors (Lipinski definition) is 4. The zero-order chi connectivity index (χ0) is 25.3. The number of methoxy groups -OCH3 is 1. The van der Waals surface area contributed by atoms with Gasteiger partial charge >= 0.3 is 5.97 Å². The van der Waals surface area contributed by atoms with Crippen molar-refractivity contribution in [2.45, 2.75) is 39.4 Å². The molecule has 180 valence electrons. The van der Waals surface area contributed by atoms with E-state index in [1.165, 1.54) is 0 Å². The number of halogens is 1. The number of ether oxygens (including phenoxy) is 2. The molecule has 4 rings (SSSR count). The summed E-state index contributed by atoms with van der Waals surface area (Å²) < 4.78 is 11.7. The van der Waals surface area contributed by atoms with Gasteiger partial charge in [0.1, 0.15) is 5.75 Å². The molecule has 0 saturated carbocycles. The second-order valence-corrected chi connectivity index (χ2v) is 9.78. The van der Waals surface area contributed by atoms with Crippen LogP contribution in [-0.2, 0) is 9.53 Å². The van der Waals surface area contributed by atoms with Crippen LogP contribution in [0.2, 0.25) is 5.02 Å². The lowest BCUT2D eigenvalue weighted by Gasteiger charge is -2.28. The molecule has 1 unspecified atom stereocenters. The zero-order valence-electron chi connectivity index (χ0n) is 20.4. The van der Waals surface area contributed by atoms with Gasteiger partial charge in [-0.1, -0.05) is 60.1 Å². The molecular formula is C29H28ClNO4. The van der Waals surface area contributed by atoms with Crippen molar-refractivity contribution in [3.63, 3.8) is 0 Å². The van der Waals surface area contributed by atoms with E-state index in [0.717, 1.165) is 38.9 Å². The van der Waals surface area contributed by atoms with Crippen LogP contribution in [-0.4, -0.2) is 28.8 Å². The summed E-state index contributed by atoms with van der Waals surface area (Å²) in [6, 6.07) is 21.1. The maximum Gasteiger partial charge on any atom is 0.337 e. The molecule has 1 heterocycles. The van der Waals surface area contributed by atoms with E-state index >= 15 is 0 Å². The highest BCUT2D eigenvalue weighted by Gasteiger charge is 2.32. The highest BCUT2D eigenvalue weighted by Crippen LogP contribution is 2.43. The minimum atomic E-state index is -1.20. The molecule has 0 aliphatic rings. The molecule has 0 aliphatic heterocycles. The predicted molar refractivity (Wildman–Crippen MR) is 140 cm³/mol. The number of carboxylic acids is 1. The van der Waals surface area contributed by atoms with E-state index in [0.29, 0.717) is 16.3 Å². The van der Waals surface area contributed by atoms with Crippen molar-refractivity contribution in [3.05, 3.63) is 83.0 Å². The summed E-state index contributed by atoms with van der Waals surface area (Å²) in [5, 5.41) is 11.6. The van der Waals surface area contributed by atoms with E-state index < -0.39 is 17.7 Å². The van der Waals surface area contributed by atoms with Gasteiger partial charge in [0.2, 0.25) is 0 Å². The molecule has 1 atom stereocenters. The number of benzene rings is 3. The molecular weight excluding hydrogens is 462 g/mol. The first-order chi connectivity index (χ1) is 16.6. The summed E-state index contributed by atoms with van der Waals surface area (Å²) in [6.45, 7) is 7.35. The Bertz CT molecular complexity index is 1390. The zero-order valence-corrected chi connectivity index (χ0v) is 21.2. The molecule has 0 amide bonds. The van der Waals surface area contributed by atoms with Gasteiger partial charge in [0.25, 0.3) is 0 Å². The minimum Gasteiger partial charge on any atom is -0.496 e. The Hall–Kier alpha value is -3.41. The molecule has 0 radical (unpaired) electrons. The van der Waals surface area contributed by atoms with Crippen LogP contribution in [0.5, 0.6) is 5.75 Å². The lowest BCUT2D eigenvalue weighted by atomic mass is 9.89. The van der Waals surface area contributed by atoms with Gasteiger partial charge < -0.3 is 14.6 Å². The average Bonchev–Trinajstić information content (AvgIpc) is 2.81. The van der Waals surface area contributed by atoms with Crippen molar-refractivity contribution in [2.75, 3.05) is 7.11 Å². The fraction of sp³-hybridized carbons (Fsp3) is 0.241. The molecule has 0 saturated heterocycles. The molecule has 6 heteroatoms. The van der Waals surface area contributed by atoms with Gasteiger partial charge in [-0.05, 0) is 57.0 Å². The summed E-state index contributed by atoms with van der Waals surface area (Å²) in [5.41, 5.74) is 4.58. The molecule has 3 aromatic carbocycles. The normalized spacial score (nSPS) is 12.5. The van der Waals surface area contributed by atoms with Crippen LogP contribution in [0.4, 0.5) is 0 Å². The van der Waals surface area contributed by atoms with Gasteiger partial charge in [-0.25, -0.2) is 4.79 Å². The number of rotatable bonds is 6. The molecule has 0 spiro atoms. The smallest absolute Gasteiger partial charge is 0.337 e. The first-order valence-electron chi connectivity index (χ1n) is 11.3. The Morgan fingerprint density at radius 3 is 2.26 bits per heavy atom. The van der Waals surface area contributed by atoms with Crippen molar-refractivity contribution < 1.29 is 19.4 Å². The van der Waals surface area contributed by atoms with Crippen LogP contribution in [0.1, 0.15) is 38.1 Å². The van der Waals surface area contributed by atoms with Crippen molar-refractivity contribution in [3.8, 4) is 28.0 Å². The number of aryl methyl sites for hydroxylation is 1. The Balaban J connectivity index is 2.11. The standard InChI is InChI=1S/C29H28ClNO4/c1-17-24(27(28(32)33)35-29(2,3)4)25(18-13-15-19(30)16-14-18)22-11-8-10-21(26(22)31-17)20-9-6-7-12-23(20)34-5/h6-16,27H,1-5H3,(H,32,33). The van der Waals surface area contributed by atoms with Crippen LogP contribution in [0.15, 0.2) is 66.7 Å². The third-order valence-electron chi connectivity index (χ3n) is 5.73. The topological polar surface area (TPSA) is 68.7 Å². The second kappa shape index (κ2) is 9.68. The van der Waals surface area contributed by atoms with E-state index in [2.05, 4.69) is 0 Å². The maximum atomic E-state index is 12.5. The number of aliphatic carboxylic acids is 1. The van der Waals surface area contributed by atoms with Crippen LogP contribution >= 0.6 is 11.6 Å². The SMILES string of the molecule is COc1ccccc1-c1cccc2c(-c3ccc(Cl)cc3)c(C(OC(C)(C)C)C(=O)O)c(C)nc12. The van der Waals surface area contributed by atoms with E-state index in [9.17, 15) is 9.90 Å². The summed E-state index contributed by atoms with van der Waals surface area (Å²) >= 11 is 6.18. The Labute approximate surface area is 210 Å². The average molecular weight is 490 g/mol. The molecule has 0 aliphatic carbocycles. The largest absolute Gasteiger partial charge is 0.496 e. The van der Waals surface area contributed by atoms with Crippen LogP contribution in [0.25, 0.3) is 33.2 Å². The number of aromatic nitrogens is 1. The van der Waals surface area contributed by atoms with E-state index in [1.54, 1.807) is 19.2 Å². The van der Waals surface area contributed by atoms with Gasteiger partial charge in [-0.15, -0.1) is 0 Å². The summed E-state index contributed by atoms with van der Waals surface area (Å²) in [5.74, 6) is -0.337. The predicted octanol–water partition coefficient (Wildman–Crippen LogP) is 7.48. The summed E-state index contributed by atoms with van der Waals surface area (Å²) in [6.07, 6.45) is -1.20. The first-order valence-corrected chi connectivity index (χ1v) is 11.7. The fourth-order valence-corrected chi connectivity index (χ4v) is 4.46. The van der Waals surface area contributed by atoms with Gasteiger partial charge in [-0.3, -0.25) is 4.98 Å². The highest BCUT2D eigenvalue weighted by molar-refractivity contribution is 6.30. The van der Waals surface area contributed by atoms with Gasteiger partial charge in [0.15, 0.2) is 6.10 Å². The van der Waals surface area contributed by atoms with E-state index in [1.807, 2.05) is 82.3 Å². The summed E-state index contributed by atoms with van der Waals surface area (Å²) in [7, 11) is 1.64. The molecule has 5 nitrogen and oxygen atoms in total. The van der Waals surface area contributed by atoms with Crippen molar-refractivity contribution in [1.82, 2.24) is 4.98 Å². The third kappa shape index (κ3) is 5.02. The lowest BCUT2D eigenvalue weighted by Crippen LogP contribution is -2.28. The molecule has 0 bridgehead atoms. The third-order valence-corrected chi connectivity index (χ3v) is 5.98. The van der Waals surface area contributed by atoms with Crippen molar-refractivity contribution >= 4 is 28.5 Å². The van der Waals surface area contributed by atoms with Gasteiger partial charge in [0, 0.05) is 32.8 Å². The van der Waals surface area contributed by atoms with E-state index in [-0.39, 0.29) is 0 Å². The molecule has 1 N–H and O–H groups in total. The van der Waals surface area contributed by atoms with Crippen molar-refractivity contribution in [1.29, 1.82) is 0 Å². The quantitative estimate of drug-likeness (QED) is 0.304. The number of fused-ring (bicyclic) bond motifs is 1. The number of carboxylic acid groups (broad SMARTS) is 1. The van der Waals surface area contributed by atoms with E-state index in [4.69, 9.17) is 26.1 Å². The first kappa shape index (κ1) is 24.7. The number of para-hydroxylation sites is 2. The van der Waals surface area contributed by atoms with Crippen molar-refractivity contribution in [2.24, 2.45) is 0 Å². The molecule has 0 fully saturated rings. The van der Waals surface area contributed by atoms with Crippen LogP contribution < -0.4 is 4.74 Å².